The van der Waals surface area contributed by atoms with Crippen molar-refractivity contribution in [2.45, 2.75) is 64.3 Å². The van der Waals surface area contributed by atoms with Crippen molar-refractivity contribution in [3.8, 4) is 0 Å². The number of benzene rings is 1. The first-order valence-corrected chi connectivity index (χ1v) is 11.7. The standard InChI is InChI=1S/C19H30O5Si/c1-13-16(24-18(21)14-10-8-7-9-11-14)15(23-17(13)20)12-22-25(5,6)19(2,3)4/h7-11,13,15-17,20H,12H2,1-6H3/t13-,15-,16+,17?/m1/s1. The second kappa shape index (κ2) is 7.58. The highest BCUT2D eigenvalue weighted by molar-refractivity contribution is 6.74. The lowest BCUT2D eigenvalue weighted by Gasteiger charge is -2.37. The Morgan fingerprint density at radius 1 is 1.24 bits per heavy atom. The quantitative estimate of drug-likeness (QED) is 0.637. The fourth-order valence-corrected chi connectivity index (χ4v) is 3.49. The summed E-state index contributed by atoms with van der Waals surface area (Å²) in [4.78, 5) is 12.4. The average Bonchev–Trinajstić information content (AvgIpc) is 2.80. The molecule has 1 fully saturated rings. The minimum absolute atomic E-state index is 0.0754. The summed E-state index contributed by atoms with van der Waals surface area (Å²) in [5.41, 5.74) is 0.486. The Morgan fingerprint density at radius 2 is 1.84 bits per heavy atom. The molecule has 1 unspecified atom stereocenters. The summed E-state index contributed by atoms with van der Waals surface area (Å²) in [7, 11) is -1.95. The molecular weight excluding hydrogens is 336 g/mol. The molecule has 1 heterocycles. The van der Waals surface area contributed by atoms with Crippen LogP contribution in [0.25, 0.3) is 0 Å². The Bertz CT molecular complexity index is 581. The van der Waals surface area contributed by atoms with E-state index < -0.39 is 32.8 Å². The van der Waals surface area contributed by atoms with Gasteiger partial charge >= 0.3 is 5.97 Å². The SMILES string of the molecule is C[C@H]1C(O)O[C@H](CO[Si](C)(C)C(C)(C)C)[C@H]1OC(=O)c1ccccc1. The summed E-state index contributed by atoms with van der Waals surface area (Å²) < 4.78 is 17.5. The lowest BCUT2D eigenvalue weighted by atomic mass is 10.0. The second-order valence-electron chi connectivity index (χ2n) is 8.23. The number of hydrogen-bond acceptors (Lipinski definition) is 5. The highest BCUT2D eigenvalue weighted by Crippen LogP contribution is 2.37. The Labute approximate surface area is 151 Å². The molecule has 1 N–H and O–H groups in total. The molecule has 1 saturated heterocycles. The molecule has 0 aromatic heterocycles. The zero-order valence-corrected chi connectivity index (χ0v) is 17.0. The fraction of sp³-hybridized carbons (Fsp3) is 0.632. The van der Waals surface area contributed by atoms with Gasteiger partial charge in [0.25, 0.3) is 0 Å². The first kappa shape index (κ1) is 20.1. The summed E-state index contributed by atoms with van der Waals surface area (Å²) in [6.45, 7) is 12.9. The maximum atomic E-state index is 12.4. The number of aliphatic hydroxyl groups is 1. The van der Waals surface area contributed by atoms with Crippen LogP contribution in [0, 0.1) is 5.92 Å². The van der Waals surface area contributed by atoms with Gasteiger partial charge in [-0.05, 0) is 30.3 Å². The van der Waals surface area contributed by atoms with Crippen molar-refractivity contribution >= 4 is 14.3 Å². The number of carbonyl (C=O) groups excluding carboxylic acids is 1. The molecule has 0 aliphatic carbocycles. The normalized spacial score (nSPS) is 27.3. The van der Waals surface area contributed by atoms with Gasteiger partial charge in [0.1, 0.15) is 12.2 Å². The zero-order valence-electron chi connectivity index (χ0n) is 16.0. The Morgan fingerprint density at radius 3 is 2.40 bits per heavy atom. The van der Waals surface area contributed by atoms with Crippen molar-refractivity contribution in [2.24, 2.45) is 5.92 Å². The molecule has 1 aromatic rings. The number of rotatable bonds is 5. The molecule has 6 heteroatoms. The van der Waals surface area contributed by atoms with Gasteiger partial charge in [-0.15, -0.1) is 0 Å². The van der Waals surface area contributed by atoms with E-state index in [2.05, 4.69) is 33.9 Å². The van der Waals surface area contributed by atoms with Crippen LogP contribution in [0.3, 0.4) is 0 Å². The molecule has 140 valence electrons. The van der Waals surface area contributed by atoms with Crippen molar-refractivity contribution in [1.29, 1.82) is 0 Å². The van der Waals surface area contributed by atoms with Crippen molar-refractivity contribution in [3.05, 3.63) is 35.9 Å². The average molecular weight is 367 g/mol. The van der Waals surface area contributed by atoms with Crippen molar-refractivity contribution in [2.75, 3.05) is 6.61 Å². The number of carbonyl (C=O) groups is 1. The highest BCUT2D eigenvalue weighted by atomic mass is 28.4. The summed E-state index contributed by atoms with van der Waals surface area (Å²) >= 11 is 0. The molecule has 2 rings (SSSR count). The van der Waals surface area contributed by atoms with Gasteiger partial charge in [-0.1, -0.05) is 45.9 Å². The zero-order chi connectivity index (χ0) is 18.8. The van der Waals surface area contributed by atoms with E-state index in [1.165, 1.54) is 0 Å². The lowest BCUT2D eigenvalue weighted by molar-refractivity contribution is -0.115. The minimum Gasteiger partial charge on any atom is -0.455 e. The summed E-state index contributed by atoms with van der Waals surface area (Å²) in [6.07, 6.45) is -1.96. The maximum absolute atomic E-state index is 12.4. The summed E-state index contributed by atoms with van der Waals surface area (Å²) in [5, 5.41) is 10.1. The number of ether oxygens (including phenoxy) is 2. The van der Waals surface area contributed by atoms with E-state index in [9.17, 15) is 9.90 Å². The molecule has 25 heavy (non-hydrogen) atoms. The second-order valence-corrected chi connectivity index (χ2v) is 13.0. The third kappa shape index (κ3) is 4.70. The van der Waals surface area contributed by atoms with E-state index in [1.54, 1.807) is 24.3 Å². The third-order valence-corrected chi connectivity index (χ3v) is 9.82. The number of esters is 1. The van der Waals surface area contributed by atoms with Crippen LogP contribution < -0.4 is 0 Å². The molecule has 1 aromatic carbocycles. The molecule has 1 aliphatic heterocycles. The first-order chi connectivity index (χ1) is 11.5. The van der Waals surface area contributed by atoms with Crippen LogP contribution in [0.15, 0.2) is 30.3 Å². The Hall–Kier alpha value is -1.21. The van der Waals surface area contributed by atoms with E-state index in [4.69, 9.17) is 13.9 Å². The summed E-state index contributed by atoms with van der Waals surface area (Å²) in [6, 6.07) is 8.84. The molecule has 0 bridgehead atoms. The van der Waals surface area contributed by atoms with Crippen LogP contribution in [0.4, 0.5) is 0 Å². The van der Waals surface area contributed by atoms with Gasteiger partial charge in [-0.2, -0.15) is 0 Å². The van der Waals surface area contributed by atoms with Crippen LogP contribution in [0.2, 0.25) is 18.1 Å². The van der Waals surface area contributed by atoms with Crippen LogP contribution in [-0.4, -0.2) is 44.5 Å². The third-order valence-electron chi connectivity index (χ3n) is 5.32. The fourth-order valence-electron chi connectivity index (χ4n) is 2.47. The molecule has 4 atom stereocenters. The van der Waals surface area contributed by atoms with Gasteiger partial charge in [-0.3, -0.25) is 0 Å². The largest absolute Gasteiger partial charge is 0.455 e. The maximum Gasteiger partial charge on any atom is 0.338 e. The lowest BCUT2D eigenvalue weighted by Crippen LogP contribution is -2.44. The van der Waals surface area contributed by atoms with E-state index in [1.807, 2.05) is 13.0 Å². The van der Waals surface area contributed by atoms with Gasteiger partial charge in [-0.25, -0.2) is 4.79 Å². The molecule has 1 aliphatic rings. The van der Waals surface area contributed by atoms with Gasteiger partial charge in [0.2, 0.25) is 0 Å². The molecule has 0 spiro atoms. The monoisotopic (exact) mass is 366 g/mol. The highest BCUT2D eigenvalue weighted by Gasteiger charge is 2.46. The first-order valence-electron chi connectivity index (χ1n) is 8.76. The van der Waals surface area contributed by atoms with Gasteiger partial charge < -0.3 is 19.0 Å². The Kier molecular flexibility index (Phi) is 6.09. The van der Waals surface area contributed by atoms with E-state index in [-0.39, 0.29) is 11.0 Å². The van der Waals surface area contributed by atoms with Crippen LogP contribution in [0.1, 0.15) is 38.1 Å². The van der Waals surface area contributed by atoms with Crippen molar-refractivity contribution in [3.63, 3.8) is 0 Å². The number of aliphatic hydroxyl groups excluding tert-OH is 1. The minimum atomic E-state index is -1.95. The summed E-state index contributed by atoms with van der Waals surface area (Å²) in [5.74, 6) is -0.715. The van der Waals surface area contributed by atoms with Gasteiger partial charge in [0, 0.05) is 5.92 Å². The van der Waals surface area contributed by atoms with Gasteiger partial charge in [0.05, 0.1) is 12.2 Å². The number of hydrogen-bond donors (Lipinski definition) is 1. The van der Waals surface area contributed by atoms with Crippen LogP contribution in [0.5, 0.6) is 0 Å². The van der Waals surface area contributed by atoms with Crippen molar-refractivity contribution < 1.29 is 23.8 Å². The topological polar surface area (TPSA) is 65.0 Å². The molecule has 5 nitrogen and oxygen atoms in total. The van der Waals surface area contributed by atoms with E-state index in [0.717, 1.165) is 0 Å². The molecule has 0 amide bonds. The Balaban J connectivity index is 2.05. The van der Waals surface area contributed by atoms with E-state index >= 15 is 0 Å². The predicted molar refractivity (Wildman–Crippen MR) is 98.8 cm³/mol. The smallest absolute Gasteiger partial charge is 0.338 e. The van der Waals surface area contributed by atoms with E-state index in [0.29, 0.717) is 12.2 Å². The van der Waals surface area contributed by atoms with Gasteiger partial charge in [0.15, 0.2) is 14.6 Å². The van der Waals surface area contributed by atoms with Crippen molar-refractivity contribution in [1.82, 2.24) is 0 Å². The predicted octanol–water partition coefficient (Wildman–Crippen LogP) is 3.59. The van der Waals surface area contributed by atoms with Crippen LogP contribution in [-0.2, 0) is 13.9 Å². The molecule has 0 radical (unpaired) electrons. The van der Waals surface area contributed by atoms with Crippen LogP contribution >= 0.6 is 0 Å². The molecule has 0 saturated carbocycles. The molecular formula is C19H30O5Si.